The molecule has 0 aliphatic heterocycles. The summed E-state index contributed by atoms with van der Waals surface area (Å²) in [5.41, 5.74) is 4.69. The SMILES string of the molecule is Cc1ccc(Cn2cc3c(c2)C(O)CCCC3)c(Cl)c1. The molecule has 1 atom stereocenters. The molecule has 3 rings (SSSR count). The summed E-state index contributed by atoms with van der Waals surface area (Å²) in [7, 11) is 0. The van der Waals surface area contributed by atoms with E-state index in [1.54, 1.807) is 0 Å². The molecule has 106 valence electrons. The van der Waals surface area contributed by atoms with Crippen LogP contribution in [0.2, 0.25) is 5.02 Å². The fourth-order valence-corrected chi connectivity index (χ4v) is 3.25. The number of fused-ring (bicyclic) bond motifs is 1. The predicted molar refractivity (Wildman–Crippen MR) is 82.2 cm³/mol. The van der Waals surface area contributed by atoms with Crippen LogP contribution in [0.3, 0.4) is 0 Å². The first kappa shape index (κ1) is 13.7. The molecule has 2 nitrogen and oxygen atoms in total. The number of aromatic nitrogens is 1. The van der Waals surface area contributed by atoms with Gasteiger partial charge in [0, 0.05) is 29.5 Å². The molecule has 0 spiro atoms. The number of aryl methyl sites for hydroxylation is 2. The number of hydrogen-bond donors (Lipinski definition) is 1. The third-order valence-electron chi connectivity index (χ3n) is 4.09. The van der Waals surface area contributed by atoms with E-state index < -0.39 is 0 Å². The molecule has 0 bridgehead atoms. The van der Waals surface area contributed by atoms with Crippen molar-refractivity contribution in [3.63, 3.8) is 0 Å². The molecule has 3 heteroatoms. The molecule has 2 aromatic rings. The topological polar surface area (TPSA) is 25.2 Å². The van der Waals surface area contributed by atoms with Crippen LogP contribution in [0.5, 0.6) is 0 Å². The molecule has 0 fully saturated rings. The second kappa shape index (κ2) is 5.63. The van der Waals surface area contributed by atoms with E-state index in [4.69, 9.17) is 11.6 Å². The minimum atomic E-state index is -0.303. The van der Waals surface area contributed by atoms with Crippen LogP contribution in [0.4, 0.5) is 0 Å². The van der Waals surface area contributed by atoms with E-state index in [0.29, 0.717) is 0 Å². The quantitative estimate of drug-likeness (QED) is 0.821. The summed E-state index contributed by atoms with van der Waals surface area (Å²) in [5, 5.41) is 11.0. The van der Waals surface area contributed by atoms with Crippen molar-refractivity contribution >= 4 is 11.6 Å². The van der Waals surface area contributed by atoms with Gasteiger partial charge in [-0.15, -0.1) is 0 Å². The molecule has 0 amide bonds. The van der Waals surface area contributed by atoms with E-state index in [-0.39, 0.29) is 6.10 Å². The monoisotopic (exact) mass is 289 g/mol. The van der Waals surface area contributed by atoms with Gasteiger partial charge in [-0.25, -0.2) is 0 Å². The van der Waals surface area contributed by atoms with Gasteiger partial charge >= 0.3 is 0 Å². The van der Waals surface area contributed by atoms with E-state index in [2.05, 4.69) is 29.1 Å². The summed E-state index contributed by atoms with van der Waals surface area (Å²) >= 11 is 6.30. The smallest absolute Gasteiger partial charge is 0.0807 e. The molecule has 1 aromatic carbocycles. The molecule has 0 radical (unpaired) electrons. The third-order valence-corrected chi connectivity index (χ3v) is 4.44. The number of halogens is 1. The molecule has 1 unspecified atom stereocenters. The molecule has 1 N–H and O–H groups in total. The highest BCUT2D eigenvalue weighted by Gasteiger charge is 2.18. The van der Waals surface area contributed by atoms with Gasteiger partial charge in [-0.3, -0.25) is 0 Å². The molecule has 1 heterocycles. The maximum atomic E-state index is 10.2. The lowest BCUT2D eigenvalue weighted by Crippen LogP contribution is -1.99. The third kappa shape index (κ3) is 2.77. The van der Waals surface area contributed by atoms with Gasteiger partial charge < -0.3 is 9.67 Å². The highest BCUT2D eigenvalue weighted by molar-refractivity contribution is 6.31. The highest BCUT2D eigenvalue weighted by Crippen LogP contribution is 2.30. The number of aliphatic hydroxyl groups is 1. The standard InChI is InChI=1S/C17H20ClNO/c1-12-6-7-14(16(18)8-12)10-19-9-13-4-2-3-5-17(20)15(13)11-19/h6-9,11,17,20H,2-5,10H2,1H3. The number of benzene rings is 1. The van der Waals surface area contributed by atoms with Crippen LogP contribution >= 0.6 is 11.6 Å². The zero-order chi connectivity index (χ0) is 14.1. The van der Waals surface area contributed by atoms with Gasteiger partial charge in [0.2, 0.25) is 0 Å². The Morgan fingerprint density at radius 3 is 2.95 bits per heavy atom. The van der Waals surface area contributed by atoms with Gasteiger partial charge in [-0.2, -0.15) is 0 Å². The lowest BCUT2D eigenvalue weighted by Gasteiger charge is -2.08. The van der Waals surface area contributed by atoms with Gasteiger partial charge in [0.1, 0.15) is 0 Å². The van der Waals surface area contributed by atoms with Crippen molar-refractivity contribution in [2.24, 2.45) is 0 Å². The number of rotatable bonds is 2. The minimum absolute atomic E-state index is 0.303. The van der Waals surface area contributed by atoms with Crippen molar-refractivity contribution in [1.82, 2.24) is 4.57 Å². The number of aliphatic hydroxyl groups excluding tert-OH is 1. The van der Waals surface area contributed by atoms with Gasteiger partial charge in [0.25, 0.3) is 0 Å². The number of nitrogens with zero attached hydrogens (tertiary/aromatic N) is 1. The van der Waals surface area contributed by atoms with E-state index >= 15 is 0 Å². The zero-order valence-electron chi connectivity index (χ0n) is 11.8. The van der Waals surface area contributed by atoms with Crippen molar-refractivity contribution in [1.29, 1.82) is 0 Å². The van der Waals surface area contributed by atoms with Crippen LogP contribution in [0.25, 0.3) is 0 Å². The van der Waals surface area contributed by atoms with Crippen LogP contribution < -0.4 is 0 Å². The normalized spacial score (nSPS) is 18.6. The van der Waals surface area contributed by atoms with E-state index in [1.165, 1.54) is 17.5 Å². The first-order chi connectivity index (χ1) is 9.63. The van der Waals surface area contributed by atoms with Crippen molar-refractivity contribution in [3.8, 4) is 0 Å². The van der Waals surface area contributed by atoms with Crippen molar-refractivity contribution < 1.29 is 5.11 Å². The summed E-state index contributed by atoms with van der Waals surface area (Å²) in [6.45, 7) is 2.81. The Morgan fingerprint density at radius 2 is 2.15 bits per heavy atom. The van der Waals surface area contributed by atoms with E-state index in [9.17, 15) is 5.11 Å². The van der Waals surface area contributed by atoms with Crippen molar-refractivity contribution in [3.05, 3.63) is 57.9 Å². The molecule has 0 saturated heterocycles. The average molecular weight is 290 g/mol. The van der Waals surface area contributed by atoms with Crippen molar-refractivity contribution in [2.75, 3.05) is 0 Å². The average Bonchev–Trinajstić information content (AvgIpc) is 2.73. The maximum absolute atomic E-state index is 10.2. The van der Waals surface area contributed by atoms with Crippen LogP contribution in [-0.4, -0.2) is 9.67 Å². The van der Waals surface area contributed by atoms with Crippen LogP contribution in [0, 0.1) is 6.92 Å². The molecule has 20 heavy (non-hydrogen) atoms. The zero-order valence-corrected chi connectivity index (χ0v) is 12.5. The maximum Gasteiger partial charge on any atom is 0.0807 e. The second-order valence-corrected chi connectivity index (χ2v) is 6.17. The molecule has 1 aliphatic carbocycles. The van der Waals surface area contributed by atoms with Crippen molar-refractivity contribution in [2.45, 2.75) is 45.3 Å². The first-order valence-electron chi connectivity index (χ1n) is 7.25. The fraction of sp³-hybridized carbons (Fsp3) is 0.412. The molecule has 1 aromatic heterocycles. The summed E-state index contributed by atoms with van der Waals surface area (Å²) in [6, 6.07) is 6.17. The first-order valence-corrected chi connectivity index (χ1v) is 7.63. The Labute approximate surface area is 125 Å². The largest absolute Gasteiger partial charge is 0.388 e. The summed E-state index contributed by atoms with van der Waals surface area (Å²) in [4.78, 5) is 0. The molecule has 0 saturated carbocycles. The highest BCUT2D eigenvalue weighted by atomic mass is 35.5. The second-order valence-electron chi connectivity index (χ2n) is 5.77. The molecule has 1 aliphatic rings. The molecular formula is C17H20ClNO. The number of hydrogen-bond acceptors (Lipinski definition) is 1. The summed E-state index contributed by atoms with van der Waals surface area (Å²) < 4.78 is 2.15. The van der Waals surface area contributed by atoms with Gasteiger partial charge in [-0.1, -0.05) is 30.2 Å². The van der Waals surface area contributed by atoms with Crippen LogP contribution in [0.1, 0.15) is 47.6 Å². The fourth-order valence-electron chi connectivity index (χ4n) is 2.96. The Morgan fingerprint density at radius 1 is 1.30 bits per heavy atom. The summed E-state index contributed by atoms with van der Waals surface area (Å²) in [5.74, 6) is 0. The lowest BCUT2D eigenvalue weighted by atomic mass is 10.1. The Hall–Kier alpha value is -1.25. The Balaban J connectivity index is 1.87. The summed E-state index contributed by atoms with van der Waals surface area (Å²) in [6.07, 6.45) is 8.17. The minimum Gasteiger partial charge on any atom is -0.388 e. The van der Waals surface area contributed by atoms with Crippen LogP contribution in [0.15, 0.2) is 30.6 Å². The Bertz CT molecular complexity index is 617. The van der Waals surface area contributed by atoms with E-state index in [1.807, 2.05) is 13.0 Å². The molecular weight excluding hydrogens is 270 g/mol. The van der Waals surface area contributed by atoms with Gasteiger partial charge in [0.15, 0.2) is 0 Å². The van der Waals surface area contributed by atoms with E-state index in [0.717, 1.165) is 42.0 Å². The predicted octanol–water partition coefficient (Wildman–Crippen LogP) is 4.26. The lowest BCUT2D eigenvalue weighted by molar-refractivity contribution is 0.166. The van der Waals surface area contributed by atoms with Gasteiger partial charge in [-0.05, 0) is 48.9 Å². The van der Waals surface area contributed by atoms with Gasteiger partial charge in [0.05, 0.1) is 6.10 Å². The Kier molecular flexibility index (Phi) is 3.86. The van der Waals surface area contributed by atoms with Crippen LogP contribution in [-0.2, 0) is 13.0 Å².